The normalized spacial score (nSPS) is 12.8. The Balaban J connectivity index is 2.64. The van der Waals surface area contributed by atoms with Gasteiger partial charge in [-0.1, -0.05) is 0 Å². The van der Waals surface area contributed by atoms with Gasteiger partial charge in [0, 0.05) is 24.8 Å². The standard InChI is InChI=1S/C12H16BrF2NO/c1-2-17-6-5-8(16)7-9-11(14)4-3-10(13)12(9)15/h3-4,8H,2,5-7,16H2,1H3. The fourth-order valence-corrected chi connectivity index (χ4v) is 1.87. The summed E-state index contributed by atoms with van der Waals surface area (Å²) in [6.45, 7) is 3.01. The Labute approximate surface area is 108 Å². The predicted octanol–water partition coefficient (Wildman–Crippen LogP) is 3.02. The second-order valence-electron chi connectivity index (χ2n) is 3.77. The summed E-state index contributed by atoms with van der Waals surface area (Å²) in [7, 11) is 0. The maximum atomic E-state index is 13.6. The van der Waals surface area contributed by atoms with Crippen molar-refractivity contribution in [2.45, 2.75) is 25.8 Å². The first-order chi connectivity index (χ1) is 8.06. The molecular weight excluding hydrogens is 292 g/mol. The zero-order chi connectivity index (χ0) is 12.8. The predicted molar refractivity (Wildman–Crippen MR) is 66.8 cm³/mol. The van der Waals surface area contributed by atoms with Crippen LogP contribution in [0, 0.1) is 11.6 Å². The van der Waals surface area contributed by atoms with Gasteiger partial charge in [0.1, 0.15) is 11.6 Å². The summed E-state index contributed by atoms with van der Waals surface area (Å²) in [4.78, 5) is 0. The molecule has 0 radical (unpaired) electrons. The van der Waals surface area contributed by atoms with E-state index in [-0.39, 0.29) is 22.5 Å². The quantitative estimate of drug-likeness (QED) is 0.647. The SMILES string of the molecule is CCOCCC(N)Cc1c(F)ccc(Br)c1F. The van der Waals surface area contributed by atoms with Crippen molar-refractivity contribution >= 4 is 15.9 Å². The van der Waals surface area contributed by atoms with Crippen molar-refractivity contribution in [1.29, 1.82) is 0 Å². The summed E-state index contributed by atoms with van der Waals surface area (Å²) in [5, 5.41) is 0. The van der Waals surface area contributed by atoms with Crippen LogP contribution < -0.4 is 5.73 Å². The van der Waals surface area contributed by atoms with Crippen LogP contribution in [0.2, 0.25) is 0 Å². The lowest BCUT2D eigenvalue weighted by atomic mass is 10.0. The van der Waals surface area contributed by atoms with Gasteiger partial charge in [-0.25, -0.2) is 8.78 Å². The summed E-state index contributed by atoms with van der Waals surface area (Å²) in [5.74, 6) is -1.13. The third-order valence-corrected chi connectivity index (χ3v) is 3.05. The lowest BCUT2D eigenvalue weighted by Gasteiger charge is -2.13. The number of hydrogen-bond acceptors (Lipinski definition) is 2. The van der Waals surface area contributed by atoms with Gasteiger partial charge in [0.2, 0.25) is 0 Å². The van der Waals surface area contributed by atoms with Gasteiger partial charge in [0.15, 0.2) is 0 Å². The van der Waals surface area contributed by atoms with Gasteiger partial charge in [-0.3, -0.25) is 0 Å². The minimum Gasteiger partial charge on any atom is -0.382 e. The van der Waals surface area contributed by atoms with E-state index in [1.807, 2.05) is 6.92 Å². The molecule has 0 amide bonds. The molecular formula is C12H16BrF2NO. The van der Waals surface area contributed by atoms with Crippen LogP contribution in [0.1, 0.15) is 18.9 Å². The third kappa shape index (κ3) is 4.33. The summed E-state index contributed by atoms with van der Waals surface area (Å²) >= 11 is 3.03. The van der Waals surface area contributed by atoms with Crippen LogP contribution in [0.5, 0.6) is 0 Å². The molecule has 0 aliphatic heterocycles. The maximum Gasteiger partial charge on any atom is 0.143 e. The van der Waals surface area contributed by atoms with E-state index in [0.717, 1.165) is 0 Å². The van der Waals surface area contributed by atoms with Crippen LogP contribution in [0.3, 0.4) is 0 Å². The molecule has 0 aliphatic rings. The highest BCUT2D eigenvalue weighted by atomic mass is 79.9. The Morgan fingerprint density at radius 3 is 2.76 bits per heavy atom. The van der Waals surface area contributed by atoms with Gasteiger partial charge in [-0.15, -0.1) is 0 Å². The molecule has 2 N–H and O–H groups in total. The zero-order valence-corrected chi connectivity index (χ0v) is 11.3. The molecule has 0 aromatic heterocycles. The van der Waals surface area contributed by atoms with Crippen LogP contribution >= 0.6 is 15.9 Å². The smallest absolute Gasteiger partial charge is 0.143 e. The first-order valence-electron chi connectivity index (χ1n) is 5.52. The Morgan fingerprint density at radius 1 is 1.41 bits per heavy atom. The molecule has 1 aromatic carbocycles. The molecule has 0 aliphatic carbocycles. The van der Waals surface area contributed by atoms with Crippen molar-refractivity contribution in [1.82, 2.24) is 0 Å². The molecule has 1 unspecified atom stereocenters. The lowest BCUT2D eigenvalue weighted by Crippen LogP contribution is -2.25. The number of ether oxygens (including phenoxy) is 1. The molecule has 17 heavy (non-hydrogen) atoms. The van der Waals surface area contributed by atoms with Crippen molar-refractivity contribution in [3.8, 4) is 0 Å². The fourth-order valence-electron chi connectivity index (χ4n) is 1.50. The van der Waals surface area contributed by atoms with Gasteiger partial charge in [-0.2, -0.15) is 0 Å². The molecule has 0 saturated carbocycles. The monoisotopic (exact) mass is 307 g/mol. The van der Waals surface area contributed by atoms with Crippen molar-refractivity contribution in [3.63, 3.8) is 0 Å². The van der Waals surface area contributed by atoms with Crippen molar-refractivity contribution < 1.29 is 13.5 Å². The lowest BCUT2D eigenvalue weighted by molar-refractivity contribution is 0.139. The molecule has 2 nitrogen and oxygen atoms in total. The average Bonchev–Trinajstić information content (AvgIpc) is 2.30. The minimum atomic E-state index is -0.572. The maximum absolute atomic E-state index is 13.6. The Kier molecular flexibility index (Phi) is 6.02. The van der Waals surface area contributed by atoms with E-state index < -0.39 is 11.6 Å². The molecule has 0 saturated heterocycles. The van der Waals surface area contributed by atoms with E-state index in [9.17, 15) is 8.78 Å². The number of hydrogen-bond donors (Lipinski definition) is 1. The van der Waals surface area contributed by atoms with Crippen LogP contribution in [0.25, 0.3) is 0 Å². The molecule has 5 heteroatoms. The molecule has 1 rings (SSSR count). The summed E-state index contributed by atoms with van der Waals surface area (Å²) in [5.41, 5.74) is 5.84. The van der Waals surface area contributed by atoms with E-state index in [1.54, 1.807) is 0 Å². The van der Waals surface area contributed by atoms with E-state index in [1.165, 1.54) is 12.1 Å². The Hall–Kier alpha value is -0.520. The average molecular weight is 308 g/mol. The van der Waals surface area contributed by atoms with E-state index in [2.05, 4.69) is 15.9 Å². The summed E-state index contributed by atoms with van der Waals surface area (Å²) < 4.78 is 32.5. The second-order valence-corrected chi connectivity index (χ2v) is 4.63. The number of halogens is 3. The van der Waals surface area contributed by atoms with Gasteiger partial charge in [0.05, 0.1) is 4.47 Å². The van der Waals surface area contributed by atoms with E-state index in [4.69, 9.17) is 10.5 Å². The van der Waals surface area contributed by atoms with Crippen LogP contribution in [-0.2, 0) is 11.2 Å². The van der Waals surface area contributed by atoms with Gasteiger partial charge >= 0.3 is 0 Å². The summed E-state index contributed by atoms with van der Waals surface area (Å²) in [6.07, 6.45) is 0.753. The first kappa shape index (κ1) is 14.5. The second kappa shape index (κ2) is 7.03. The molecule has 1 aromatic rings. The van der Waals surface area contributed by atoms with Crippen LogP contribution in [0.15, 0.2) is 16.6 Å². The molecule has 0 spiro atoms. The van der Waals surface area contributed by atoms with Crippen LogP contribution in [0.4, 0.5) is 8.78 Å². The van der Waals surface area contributed by atoms with E-state index in [0.29, 0.717) is 19.6 Å². The van der Waals surface area contributed by atoms with Gasteiger partial charge < -0.3 is 10.5 Å². The van der Waals surface area contributed by atoms with Crippen molar-refractivity contribution in [2.24, 2.45) is 5.73 Å². The van der Waals surface area contributed by atoms with Gasteiger partial charge in [-0.05, 0) is 47.8 Å². The topological polar surface area (TPSA) is 35.2 Å². The number of rotatable bonds is 6. The molecule has 1 atom stereocenters. The highest BCUT2D eigenvalue weighted by Crippen LogP contribution is 2.22. The largest absolute Gasteiger partial charge is 0.382 e. The number of benzene rings is 1. The fraction of sp³-hybridized carbons (Fsp3) is 0.500. The molecule has 0 fully saturated rings. The van der Waals surface area contributed by atoms with Gasteiger partial charge in [0.25, 0.3) is 0 Å². The highest BCUT2D eigenvalue weighted by Gasteiger charge is 2.15. The Bertz CT molecular complexity index is 374. The van der Waals surface area contributed by atoms with E-state index >= 15 is 0 Å². The van der Waals surface area contributed by atoms with Crippen molar-refractivity contribution in [2.75, 3.05) is 13.2 Å². The summed E-state index contributed by atoms with van der Waals surface area (Å²) in [6, 6.07) is 2.28. The molecule has 0 bridgehead atoms. The molecule has 96 valence electrons. The molecule has 0 heterocycles. The highest BCUT2D eigenvalue weighted by molar-refractivity contribution is 9.10. The third-order valence-electron chi connectivity index (χ3n) is 2.44. The minimum absolute atomic E-state index is 0.0309. The number of nitrogens with two attached hydrogens (primary N) is 1. The Morgan fingerprint density at radius 2 is 2.12 bits per heavy atom. The van der Waals surface area contributed by atoms with Crippen molar-refractivity contribution in [3.05, 3.63) is 33.8 Å². The zero-order valence-electron chi connectivity index (χ0n) is 9.68. The first-order valence-corrected chi connectivity index (χ1v) is 6.31. The van der Waals surface area contributed by atoms with Crippen LogP contribution in [-0.4, -0.2) is 19.3 Å².